The van der Waals surface area contributed by atoms with E-state index in [2.05, 4.69) is 15.5 Å². The van der Waals surface area contributed by atoms with Crippen molar-refractivity contribution in [1.82, 2.24) is 14.8 Å². The fraction of sp³-hybridized carbons (Fsp3) is 0.217. The first-order valence-corrected chi connectivity index (χ1v) is 11.0. The largest absolute Gasteiger partial charge is 0.443 e. The Morgan fingerprint density at radius 1 is 1.22 bits per heavy atom. The first-order valence-electron chi connectivity index (χ1n) is 10.00. The van der Waals surface area contributed by atoms with Gasteiger partial charge in [0, 0.05) is 11.9 Å². The van der Waals surface area contributed by atoms with Gasteiger partial charge in [-0.2, -0.15) is 5.26 Å². The average Bonchev–Trinajstić information content (AvgIpc) is 3.33. The Bertz CT molecular complexity index is 1320. The molecule has 0 unspecified atom stereocenters. The summed E-state index contributed by atoms with van der Waals surface area (Å²) >= 11 is 1.20. The topological polar surface area (TPSA) is 96.7 Å². The van der Waals surface area contributed by atoms with E-state index in [-0.39, 0.29) is 29.2 Å². The van der Waals surface area contributed by atoms with Crippen molar-refractivity contribution in [3.05, 3.63) is 60.1 Å². The van der Waals surface area contributed by atoms with E-state index in [4.69, 9.17) is 4.42 Å². The normalized spacial score (nSPS) is 11.1. The van der Waals surface area contributed by atoms with Gasteiger partial charge in [-0.05, 0) is 30.2 Å². The number of furan rings is 1. The molecule has 9 heteroatoms. The van der Waals surface area contributed by atoms with Crippen LogP contribution in [0.4, 0.5) is 10.1 Å². The molecule has 0 aliphatic heterocycles. The van der Waals surface area contributed by atoms with Crippen LogP contribution in [0.2, 0.25) is 0 Å². The van der Waals surface area contributed by atoms with Crippen molar-refractivity contribution in [2.75, 3.05) is 11.1 Å². The first kappa shape index (κ1) is 21.6. The van der Waals surface area contributed by atoms with Crippen molar-refractivity contribution in [3.8, 4) is 17.5 Å². The molecule has 32 heavy (non-hydrogen) atoms. The minimum Gasteiger partial charge on any atom is -0.443 e. The molecule has 4 aromatic rings. The zero-order valence-corrected chi connectivity index (χ0v) is 18.3. The lowest BCUT2D eigenvalue weighted by molar-refractivity contribution is -0.113. The summed E-state index contributed by atoms with van der Waals surface area (Å²) in [6, 6.07) is 15.5. The van der Waals surface area contributed by atoms with E-state index in [0.717, 1.165) is 0 Å². The molecule has 1 N–H and O–H groups in total. The summed E-state index contributed by atoms with van der Waals surface area (Å²) in [6.07, 6.45) is 0. The van der Waals surface area contributed by atoms with Crippen LogP contribution in [0.1, 0.15) is 19.6 Å². The van der Waals surface area contributed by atoms with E-state index >= 15 is 0 Å². The quantitative estimate of drug-likeness (QED) is 0.395. The number of aromatic nitrogens is 3. The van der Waals surface area contributed by atoms with Gasteiger partial charge in [0.05, 0.1) is 11.3 Å². The molecule has 2 aromatic heterocycles. The molecule has 1 amide bonds. The molecule has 0 radical (unpaired) electrons. The molecule has 0 saturated carbocycles. The van der Waals surface area contributed by atoms with E-state index in [0.29, 0.717) is 39.7 Å². The predicted octanol–water partition coefficient (Wildman–Crippen LogP) is 5.09. The Balaban J connectivity index is 1.55. The molecule has 0 aliphatic rings. The Hall–Kier alpha value is -3.64. The highest BCUT2D eigenvalue weighted by molar-refractivity contribution is 7.99. The van der Waals surface area contributed by atoms with Crippen LogP contribution in [-0.2, 0) is 11.3 Å². The second-order valence-corrected chi connectivity index (χ2v) is 8.48. The number of amides is 1. The lowest BCUT2D eigenvalue weighted by Gasteiger charge is -2.13. The molecule has 0 aliphatic carbocycles. The number of benzene rings is 2. The van der Waals surface area contributed by atoms with Crippen molar-refractivity contribution >= 4 is 34.3 Å². The molecule has 0 atom stereocenters. The van der Waals surface area contributed by atoms with Gasteiger partial charge in [0.15, 0.2) is 11.0 Å². The van der Waals surface area contributed by atoms with Gasteiger partial charge in [-0.15, -0.1) is 10.2 Å². The summed E-state index contributed by atoms with van der Waals surface area (Å²) in [7, 11) is 0. The number of fused-ring (bicyclic) bond motifs is 1. The molecule has 4 rings (SSSR count). The van der Waals surface area contributed by atoms with Gasteiger partial charge in [0.25, 0.3) is 0 Å². The molecule has 2 heterocycles. The average molecular weight is 450 g/mol. The van der Waals surface area contributed by atoms with Gasteiger partial charge in [0.2, 0.25) is 11.7 Å². The lowest BCUT2D eigenvalue weighted by Crippen LogP contribution is -2.15. The third-order valence-corrected chi connectivity index (χ3v) is 5.64. The lowest BCUT2D eigenvalue weighted by atomic mass is 10.2. The zero-order chi connectivity index (χ0) is 22.7. The fourth-order valence-electron chi connectivity index (χ4n) is 3.32. The van der Waals surface area contributed by atoms with Gasteiger partial charge in [-0.3, -0.25) is 4.79 Å². The third-order valence-electron chi connectivity index (χ3n) is 4.67. The maximum absolute atomic E-state index is 14.3. The second-order valence-electron chi connectivity index (χ2n) is 7.54. The van der Waals surface area contributed by atoms with Crippen LogP contribution in [0.25, 0.3) is 22.4 Å². The summed E-state index contributed by atoms with van der Waals surface area (Å²) in [5.74, 6) is 0.0826. The fourth-order valence-corrected chi connectivity index (χ4v) is 4.07. The number of rotatable bonds is 7. The SMILES string of the molecule is CC(C)Cn1c(SCC(=O)Nc2c(C#N)oc3ccccc23)nnc1-c1ccccc1F. The van der Waals surface area contributed by atoms with E-state index in [1.165, 1.54) is 17.8 Å². The van der Waals surface area contributed by atoms with Crippen LogP contribution in [0.3, 0.4) is 0 Å². The highest BCUT2D eigenvalue weighted by Gasteiger charge is 2.20. The number of carbonyl (C=O) groups is 1. The third kappa shape index (κ3) is 4.36. The van der Waals surface area contributed by atoms with Crippen LogP contribution < -0.4 is 5.32 Å². The van der Waals surface area contributed by atoms with Crippen molar-refractivity contribution in [2.45, 2.75) is 25.5 Å². The maximum atomic E-state index is 14.3. The van der Waals surface area contributed by atoms with Gasteiger partial charge in [-0.25, -0.2) is 4.39 Å². The standard InChI is InChI=1S/C23H20FN5O2S/c1-14(2)12-29-22(15-7-3-5-9-17(15)24)27-28-23(29)32-13-20(30)26-21-16-8-4-6-10-18(16)31-19(21)11-25/h3-10,14H,12-13H2,1-2H3,(H,26,30). The maximum Gasteiger partial charge on any atom is 0.234 e. The van der Waals surface area contributed by atoms with E-state index in [9.17, 15) is 14.4 Å². The number of hydrogen-bond acceptors (Lipinski definition) is 6. The number of nitriles is 1. The first-order chi connectivity index (χ1) is 15.5. The summed E-state index contributed by atoms with van der Waals surface area (Å²) in [5.41, 5.74) is 1.24. The van der Waals surface area contributed by atoms with Crippen LogP contribution >= 0.6 is 11.8 Å². The van der Waals surface area contributed by atoms with Crippen molar-refractivity contribution in [3.63, 3.8) is 0 Å². The molecule has 0 saturated heterocycles. The van der Waals surface area contributed by atoms with E-state index in [1.54, 1.807) is 36.4 Å². The minimum atomic E-state index is -0.380. The number of hydrogen-bond donors (Lipinski definition) is 1. The van der Waals surface area contributed by atoms with Gasteiger partial charge >= 0.3 is 0 Å². The van der Waals surface area contributed by atoms with E-state index < -0.39 is 0 Å². The Labute approximate surface area is 188 Å². The summed E-state index contributed by atoms with van der Waals surface area (Å²) in [6.45, 7) is 4.66. The van der Waals surface area contributed by atoms with E-state index in [1.807, 2.05) is 30.6 Å². The number of halogens is 1. The molecule has 0 spiro atoms. The number of para-hydroxylation sites is 1. The van der Waals surface area contributed by atoms with Gasteiger partial charge in [0.1, 0.15) is 23.2 Å². The Kier molecular flexibility index (Phi) is 6.23. The number of carbonyl (C=O) groups excluding carboxylic acids is 1. The highest BCUT2D eigenvalue weighted by atomic mass is 32.2. The van der Waals surface area contributed by atoms with Crippen molar-refractivity contribution in [2.24, 2.45) is 5.92 Å². The summed E-state index contributed by atoms with van der Waals surface area (Å²) < 4.78 is 21.7. The highest BCUT2D eigenvalue weighted by Crippen LogP contribution is 2.31. The molecular weight excluding hydrogens is 429 g/mol. The summed E-state index contributed by atoms with van der Waals surface area (Å²) in [4.78, 5) is 12.7. The van der Waals surface area contributed by atoms with Crippen LogP contribution in [0, 0.1) is 23.1 Å². The number of anilines is 1. The van der Waals surface area contributed by atoms with Crippen LogP contribution in [0.5, 0.6) is 0 Å². The van der Waals surface area contributed by atoms with Crippen LogP contribution in [0.15, 0.2) is 58.1 Å². The number of nitrogens with zero attached hydrogens (tertiary/aromatic N) is 4. The second kappa shape index (κ2) is 9.24. The van der Waals surface area contributed by atoms with Crippen molar-refractivity contribution in [1.29, 1.82) is 5.26 Å². The number of thioether (sulfide) groups is 1. The summed E-state index contributed by atoms with van der Waals surface area (Å²) in [5, 5.41) is 21.7. The molecule has 2 aromatic carbocycles. The molecule has 7 nitrogen and oxygen atoms in total. The smallest absolute Gasteiger partial charge is 0.234 e. The number of nitrogens with one attached hydrogen (secondary N) is 1. The molecule has 162 valence electrons. The molecule has 0 fully saturated rings. The van der Waals surface area contributed by atoms with Gasteiger partial charge in [-0.1, -0.05) is 49.9 Å². The van der Waals surface area contributed by atoms with Gasteiger partial charge < -0.3 is 14.3 Å². The Morgan fingerprint density at radius 2 is 1.97 bits per heavy atom. The zero-order valence-electron chi connectivity index (χ0n) is 17.5. The van der Waals surface area contributed by atoms with Crippen LogP contribution in [-0.4, -0.2) is 26.4 Å². The minimum absolute atomic E-state index is 0.0396. The predicted molar refractivity (Wildman–Crippen MR) is 121 cm³/mol. The molecule has 0 bridgehead atoms. The van der Waals surface area contributed by atoms with Crippen molar-refractivity contribution < 1.29 is 13.6 Å². The monoisotopic (exact) mass is 449 g/mol. The molecular formula is C23H20FN5O2S. The Morgan fingerprint density at radius 3 is 2.72 bits per heavy atom.